The number of amides is 2. The minimum absolute atomic E-state index is 0.00834. The molecule has 2 amide bonds. The van der Waals surface area contributed by atoms with E-state index in [2.05, 4.69) is 15.6 Å². The topological polar surface area (TPSA) is 74.3 Å². The summed E-state index contributed by atoms with van der Waals surface area (Å²) in [6.45, 7) is 1.58. The highest BCUT2D eigenvalue weighted by Gasteiger charge is 2.19. The minimum Gasteiger partial charge on any atom is -0.339 e. The largest absolute Gasteiger partial charge is 0.339 e. The molecule has 1 aliphatic rings. The van der Waals surface area contributed by atoms with Gasteiger partial charge in [-0.25, -0.2) is 9.37 Å². The van der Waals surface area contributed by atoms with Gasteiger partial charge in [-0.05, 0) is 61.4 Å². The van der Waals surface area contributed by atoms with E-state index >= 15 is 0 Å². The second-order valence-electron chi connectivity index (χ2n) is 7.04. The van der Waals surface area contributed by atoms with Gasteiger partial charge in [0.2, 0.25) is 0 Å². The van der Waals surface area contributed by atoms with Crippen molar-refractivity contribution in [2.75, 3.05) is 23.7 Å². The highest BCUT2D eigenvalue weighted by atomic mass is 19.1. The number of anilines is 3. The first-order valence-corrected chi connectivity index (χ1v) is 9.79. The molecule has 2 N–H and O–H groups in total. The Balaban J connectivity index is 1.48. The average molecular weight is 404 g/mol. The van der Waals surface area contributed by atoms with Crippen molar-refractivity contribution in [3.63, 3.8) is 0 Å². The maximum absolute atomic E-state index is 13.9. The molecular formula is C23H21FN4O2. The molecule has 1 aliphatic heterocycles. The van der Waals surface area contributed by atoms with E-state index in [0.717, 1.165) is 25.9 Å². The quantitative estimate of drug-likeness (QED) is 0.659. The number of nitrogens with zero attached hydrogens (tertiary/aromatic N) is 2. The molecular weight excluding hydrogens is 383 g/mol. The van der Waals surface area contributed by atoms with Crippen LogP contribution in [0.1, 0.15) is 33.6 Å². The number of benzene rings is 2. The van der Waals surface area contributed by atoms with Gasteiger partial charge in [-0.15, -0.1) is 0 Å². The number of para-hydroxylation sites is 1. The smallest absolute Gasteiger partial charge is 0.259 e. The first kappa shape index (κ1) is 19.6. The van der Waals surface area contributed by atoms with Crippen molar-refractivity contribution in [1.29, 1.82) is 0 Å². The van der Waals surface area contributed by atoms with Crippen molar-refractivity contribution in [2.24, 2.45) is 0 Å². The number of hydrogen-bond acceptors (Lipinski definition) is 4. The first-order valence-electron chi connectivity index (χ1n) is 9.79. The summed E-state index contributed by atoms with van der Waals surface area (Å²) in [7, 11) is 0. The van der Waals surface area contributed by atoms with Gasteiger partial charge >= 0.3 is 0 Å². The van der Waals surface area contributed by atoms with Gasteiger partial charge in [-0.3, -0.25) is 9.59 Å². The highest BCUT2D eigenvalue weighted by Crippen LogP contribution is 2.22. The molecule has 0 spiro atoms. The molecule has 0 atom stereocenters. The van der Waals surface area contributed by atoms with Crippen LogP contribution in [-0.4, -0.2) is 34.8 Å². The van der Waals surface area contributed by atoms with Crippen molar-refractivity contribution in [2.45, 2.75) is 12.8 Å². The fraction of sp³-hybridized carbons (Fsp3) is 0.174. The number of likely N-dealkylation sites (tertiary alicyclic amines) is 1. The molecule has 3 aromatic rings. The van der Waals surface area contributed by atoms with Crippen LogP contribution in [0.25, 0.3) is 0 Å². The van der Waals surface area contributed by atoms with Gasteiger partial charge in [-0.1, -0.05) is 12.1 Å². The van der Waals surface area contributed by atoms with Crippen LogP contribution in [-0.2, 0) is 0 Å². The van der Waals surface area contributed by atoms with Gasteiger partial charge in [0, 0.05) is 30.5 Å². The zero-order chi connectivity index (χ0) is 20.9. The van der Waals surface area contributed by atoms with Crippen molar-refractivity contribution < 1.29 is 14.0 Å². The Kier molecular flexibility index (Phi) is 5.70. The fourth-order valence-electron chi connectivity index (χ4n) is 3.38. The molecule has 1 fully saturated rings. The zero-order valence-electron chi connectivity index (χ0n) is 16.3. The molecule has 0 bridgehead atoms. The Labute approximate surface area is 173 Å². The van der Waals surface area contributed by atoms with E-state index in [-0.39, 0.29) is 28.9 Å². The van der Waals surface area contributed by atoms with Crippen LogP contribution >= 0.6 is 0 Å². The van der Waals surface area contributed by atoms with Crippen molar-refractivity contribution in [3.05, 3.63) is 83.8 Å². The molecule has 0 saturated carbocycles. The number of carbonyl (C=O) groups excluding carboxylic acids is 2. The predicted octanol–water partition coefficient (Wildman–Crippen LogP) is 4.45. The number of pyridine rings is 1. The molecule has 7 heteroatoms. The van der Waals surface area contributed by atoms with Crippen molar-refractivity contribution >= 4 is 29.0 Å². The summed E-state index contributed by atoms with van der Waals surface area (Å²) in [5, 5.41) is 5.66. The number of nitrogens with one attached hydrogen (secondary N) is 2. The SMILES string of the molecule is O=C(Nc1ccc(C(=O)N2CCCC2)cc1)c1cccnc1Nc1ccccc1F. The lowest BCUT2D eigenvalue weighted by atomic mass is 10.1. The number of hydrogen-bond donors (Lipinski definition) is 2. The van der Waals surface area contributed by atoms with Gasteiger partial charge in [-0.2, -0.15) is 0 Å². The summed E-state index contributed by atoms with van der Waals surface area (Å²) in [6, 6.07) is 16.2. The van der Waals surface area contributed by atoms with E-state index in [1.165, 1.54) is 12.3 Å². The van der Waals surface area contributed by atoms with Crippen LogP contribution < -0.4 is 10.6 Å². The van der Waals surface area contributed by atoms with Gasteiger partial charge in [0.15, 0.2) is 0 Å². The van der Waals surface area contributed by atoms with E-state index in [1.54, 1.807) is 54.6 Å². The summed E-state index contributed by atoms with van der Waals surface area (Å²) in [4.78, 5) is 31.2. The molecule has 4 rings (SSSR count). The van der Waals surface area contributed by atoms with Gasteiger partial charge in [0.05, 0.1) is 11.3 Å². The number of rotatable bonds is 5. The van der Waals surface area contributed by atoms with Crippen LogP contribution in [0.4, 0.5) is 21.6 Å². The van der Waals surface area contributed by atoms with Crippen LogP contribution in [0.2, 0.25) is 0 Å². The van der Waals surface area contributed by atoms with E-state index in [9.17, 15) is 14.0 Å². The predicted molar refractivity (Wildman–Crippen MR) is 113 cm³/mol. The molecule has 30 heavy (non-hydrogen) atoms. The summed E-state index contributed by atoms with van der Waals surface area (Å²) >= 11 is 0. The summed E-state index contributed by atoms with van der Waals surface area (Å²) < 4.78 is 13.9. The molecule has 6 nitrogen and oxygen atoms in total. The lowest BCUT2D eigenvalue weighted by molar-refractivity contribution is 0.0792. The molecule has 152 valence electrons. The summed E-state index contributed by atoms with van der Waals surface area (Å²) in [5.41, 5.74) is 1.66. The number of aromatic nitrogens is 1. The highest BCUT2D eigenvalue weighted by molar-refractivity contribution is 6.08. The van der Waals surface area contributed by atoms with Gasteiger partial charge in [0.25, 0.3) is 11.8 Å². The first-order chi connectivity index (χ1) is 14.6. The molecule has 1 saturated heterocycles. The molecule has 2 aromatic carbocycles. The molecule has 1 aromatic heterocycles. The lowest BCUT2D eigenvalue weighted by Gasteiger charge is -2.15. The van der Waals surface area contributed by atoms with Crippen LogP contribution in [0.15, 0.2) is 66.9 Å². The van der Waals surface area contributed by atoms with Crippen molar-refractivity contribution in [1.82, 2.24) is 9.88 Å². The maximum atomic E-state index is 13.9. The third kappa shape index (κ3) is 4.30. The number of carbonyl (C=O) groups is 2. The monoisotopic (exact) mass is 404 g/mol. The number of halogens is 1. The fourth-order valence-corrected chi connectivity index (χ4v) is 3.38. The third-order valence-corrected chi connectivity index (χ3v) is 4.96. The average Bonchev–Trinajstić information content (AvgIpc) is 3.31. The van der Waals surface area contributed by atoms with Crippen LogP contribution in [0.5, 0.6) is 0 Å². The second-order valence-corrected chi connectivity index (χ2v) is 7.04. The van der Waals surface area contributed by atoms with E-state index in [4.69, 9.17) is 0 Å². The minimum atomic E-state index is -0.437. The Hall–Kier alpha value is -3.74. The zero-order valence-corrected chi connectivity index (χ0v) is 16.3. The third-order valence-electron chi connectivity index (χ3n) is 4.96. The summed E-state index contributed by atoms with van der Waals surface area (Å²) in [5.74, 6) is -0.566. The molecule has 0 unspecified atom stereocenters. The normalized spacial score (nSPS) is 13.2. The maximum Gasteiger partial charge on any atom is 0.259 e. The molecule has 0 radical (unpaired) electrons. The van der Waals surface area contributed by atoms with Gasteiger partial charge in [0.1, 0.15) is 11.6 Å². The van der Waals surface area contributed by atoms with Gasteiger partial charge < -0.3 is 15.5 Å². The Bertz CT molecular complexity index is 1060. The van der Waals surface area contributed by atoms with E-state index < -0.39 is 5.82 Å². The summed E-state index contributed by atoms with van der Waals surface area (Å²) in [6.07, 6.45) is 3.60. The molecule has 2 heterocycles. The Morgan fingerprint density at radius 2 is 1.67 bits per heavy atom. The Morgan fingerprint density at radius 3 is 2.40 bits per heavy atom. The standard InChI is InChI=1S/C23H21FN4O2/c24-19-7-1-2-8-20(19)27-21-18(6-5-13-25-21)22(29)26-17-11-9-16(10-12-17)23(30)28-14-3-4-15-28/h1-2,5-13H,3-4,14-15H2,(H,25,27)(H,26,29). The van der Waals surface area contributed by atoms with E-state index in [1.807, 2.05) is 4.90 Å². The Morgan fingerprint density at radius 1 is 0.933 bits per heavy atom. The second kappa shape index (κ2) is 8.73. The van der Waals surface area contributed by atoms with Crippen molar-refractivity contribution in [3.8, 4) is 0 Å². The molecule has 0 aliphatic carbocycles. The van der Waals surface area contributed by atoms with Crippen LogP contribution in [0.3, 0.4) is 0 Å². The lowest BCUT2D eigenvalue weighted by Crippen LogP contribution is -2.27. The van der Waals surface area contributed by atoms with E-state index in [0.29, 0.717) is 11.3 Å². The van der Waals surface area contributed by atoms with Crippen LogP contribution in [0, 0.1) is 5.82 Å².